The van der Waals surface area contributed by atoms with Gasteiger partial charge in [0.05, 0.1) is 4.47 Å². The van der Waals surface area contributed by atoms with Gasteiger partial charge in [0.2, 0.25) is 5.91 Å². The first-order valence-electron chi connectivity index (χ1n) is 11.6. The Labute approximate surface area is 207 Å². The molecule has 1 N–H and O–H groups in total. The Bertz CT molecular complexity index is 925. The molecular weight excluding hydrogens is 480 g/mol. The van der Waals surface area contributed by atoms with Gasteiger partial charge in [-0.05, 0) is 71.3 Å². The van der Waals surface area contributed by atoms with Gasteiger partial charge >= 0.3 is 0 Å². The lowest BCUT2D eigenvalue weighted by molar-refractivity contribution is -0.141. The van der Waals surface area contributed by atoms with Crippen LogP contribution in [0.2, 0.25) is 0 Å². The molecular formula is C27H37BrN2O3. The molecule has 0 heterocycles. The molecule has 180 valence electrons. The maximum absolute atomic E-state index is 13.2. The van der Waals surface area contributed by atoms with Crippen LogP contribution in [0.3, 0.4) is 0 Å². The zero-order valence-electron chi connectivity index (χ0n) is 20.7. The second-order valence-corrected chi connectivity index (χ2v) is 10.4. The highest BCUT2D eigenvalue weighted by Crippen LogP contribution is 2.31. The molecule has 2 amide bonds. The van der Waals surface area contributed by atoms with Gasteiger partial charge in [0, 0.05) is 12.6 Å². The van der Waals surface area contributed by atoms with Crippen molar-refractivity contribution in [2.24, 2.45) is 0 Å². The number of carbonyl (C=O) groups excluding carboxylic acids is 2. The van der Waals surface area contributed by atoms with Crippen LogP contribution in [0.15, 0.2) is 53.0 Å². The maximum Gasteiger partial charge on any atom is 0.261 e. The van der Waals surface area contributed by atoms with Crippen LogP contribution in [0, 0.1) is 0 Å². The van der Waals surface area contributed by atoms with E-state index in [0.29, 0.717) is 18.7 Å². The molecule has 5 nitrogen and oxygen atoms in total. The van der Waals surface area contributed by atoms with E-state index in [4.69, 9.17) is 4.74 Å². The van der Waals surface area contributed by atoms with E-state index < -0.39 is 6.04 Å². The molecule has 0 bridgehead atoms. The SMILES string of the molecule is CC[C@H](C)NC(=O)[C@@H](C)N(CCc1ccccc1)C(=O)COc1ccc(C(C)(C)C)cc1Br. The molecule has 6 heteroatoms. The number of nitrogens with one attached hydrogen (secondary N) is 1. The summed E-state index contributed by atoms with van der Waals surface area (Å²) in [5.41, 5.74) is 2.31. The van der Waals surface area contributed by atoms with E-state index in [1.54, 1.807) is 11.8 Å². The van der Waals surface area contributed by atoms with Gasteiger partial charge in [-0.2, -0.15) is 0 Å². The first-order chi connectivity index (χ1) is 15.5. The molecule has 0 aliphatic heterocycles. The average Bonchev–Trinajstić information content (AvgIpc) is 2.78. The molecule has 0 unspecified atom stereocenters. The van der Waals surface area contributed by atoms with Crippen LogP contribution in [0.25, 0.3) is 0 Å². The van der Waals surface area contributed by atoms with Crippen molar-refractivity contribution in [2.45, 2.75) is 71.9 Å². The number of carbonyl (C=O) groups is 2. The summed E-state index contributed by atoms with van der Waals surface area (Å²) in [6, 6.07) is 15.3. The largest absolute Gasteiger partial charge is 0.483 e. The molecule has 33 heavy (non-hydrogen) atoms. The van der Waals surface area contributed by atoms with E-state index in [-0.39, 0.29) is 29.9 Å². The fraction of sp³-hybridized carbons (Fsp3) is 0.481. The van der Waals surface area contributed by atoms with Crippen LogP contribution < -0.4 is 10.1 Å². The third-order valence-corrected chi connectivity index (χ3v) is 6.42. The lowest BCUT2D eigenvalue weighted by atomic mass is 9.87. The number of amides is 2. The predicted molar refractivity (Wildman–Crippen MR) is 138 cm³/mol. The van der Waals surface area contributed by atoms with E-state index in [2.05, 4.69) is 42.0 Å². The molecule has 0 radical (unpaired) electrons. The van der Waals surface area contributed by atoms with Crippen LogP contribution in [0.4, 0.5) is 0 Å². The Morgan fingerprint density at radius 3 is 2.33 bits per heavy atom. The fourth-order valence-electron chi connectivity index (χ4n) is 3.34. The number of ether oxygens (including phenoxy) is 1. The van der Waals surface area contributed by atoms with Crippen LogP contribution in [-0.4, -0.2) is 41.9 Å². The third kappa shape index (κ3) is 8.18. The third-order valence-electron chi connectivity index (χ3n) is 5.80. The van der Waals surface area contributed by atoms with E-state index in [9.17, 15) is 9.59 Å². The normalized spacial score (nSPS) is 13.2. The molecule has 0 aliphatic rings. The van der Waals surface area contributed by atoms with Crippen molar-refractivity contribution >= 4 is 27.7 Å². The van der Waals surface area contributed by atoms with Crippen molar-refractivity contribution < 1.29 is 14.3 Å². The molecule has 0 aromatic heterocycles. The smallest absolute Gasteiger partial charge is 0.261 e. The Morgan fingerprint density at radius 1 is 1.09 bits per heavy atom. The van der Waals surface area contributed by atoms with Gasteiger partial charge in [-0.25, -0.2) is 0 Å². The van der Waals surface area contributed by atoms with Gasteiger partial charge < -0.3 is 15.0 Å². The summed E-state index contributed by atoms with van der Waals surface area (Å²) in [4.78, 5) is 27.6. The quantitative estimate of drug-likeness (QED) is 0.453. The molecule has 2 aromatic carbocycles. The number of halogens is 1. The topological polar surface area (TPSA) is 58.6 Å². The molecule has 2 aromatic rings. The van der Waals surface area contributed by atoms with Gasteiger partial charge in [-0.3, -0.25) is 9.59 Å². The number of hydrogen-bond donors (Lipinski definition) is 1. The van der Waals surface area contributed by atoms with Crippen molar-refractivity contribution in [3.63, 3.8) is 0 Å². The summed E-state index contributed by atoms with van der Waals surface area (Å²) in [5, 5.41) is 2.98. The number of hydrogen-bond acceptors (Lipinski definition) is 3. The van der Waals surface area contributed by atoms with Crippen LogP contribution in [0.1, 0.15) is 59.1 Å². The second kappa shape index (κ2) is 12.2. The number of rotatable bonds is 10. The van der Waals surface area contributed by atoms with Crippen molar-refractivity contribution in [2.75, 3.05) is 13.2 Å². The van der Waals surface area contributed by atoms with Gasteiger partial charge in [-0.1, -0.05) is 64.1 Å². The van der Waals surface area contributed by atoms with Crippen molar-refractivity contribution in [1.82, 2.24) is 10.2 Å². The molecule has 2 rings (SSSR count). The lowest BCUT2D eigenvalue weighted by Gasteiger charge is -2.29. The lowest BCUT2D eigenvalue weighted by Crippen LogP contribution is -2.51. The van der Waals surface area contributed by atoms with Crippen LogP contribution in [0.5, 0.6) is 5.75 Å². The predicted octanol–water partition coefficient (Wildman–Crippen LogP) is 5.50. The summed E-state index contributed by atoms with van der Waals surface area (Å²) in [6.07, 6.45) is 1.50. The first kappa shape index (κ1) is 26.9. The van der Waals surface area contributed by atoms with Gasteiger partial charge in [0.25, 0.3) is 5.91 Å². The zero-order valence-corrected chi connectivity index (χ0v) is 22.2. The summed E-state index contributed by atoms with van der Waals surface area (Å²) in [6.45, 7) is 12.5. The van der Waals surface area contributed by atoms with E-state index in [0.717, 1.165) is 16.5 Å². The first-order valence-corrected chi connectivity index (χ1v) is 12.4. The highest BCUT2D eigenvalue weighted by molar-refractivity contribution is 9.10. The van der Waals surface area contributed by atoms with Gasteiger partial charge in [-0.15, -0.1) is 0 Å². The second-order valence-electron chi connectivity index (χ2n) is 9.50. The summed E-state index contributed by atoms with van der Waals surface area (Å²) in [7, 11) is 0. The average molecular weight is 518 g/mol. The van der Waals surface area contributed by atoms with E-state index in [1.165, 1.54) is 5.56 Å². The fourth-order valence-corrected chi connectivity index (χ4v) is 3.84. The molecule has 0 fully saturated rings. The monoisotopic (exact) mass is 516 g/mol. The standard InChI is InChI=1S/C27H37BrN2O3/c1-7-19(2)29-26(32)20(3)30(16-15-21-11-9-8-10-12-21)25(31)18-33-24-14-13-22(17-23(24)28)27(4,5)6/h8-14,17,19-20H,7,15-16,18H2,1-6H3,(H,29,32)/t19-,20+/m0/s1. The summed E-state index contributed by atoms with van der Waals surface area (Å²) in [5.74, 6) is 0.238. The minimum Gasteiger partial charge on any atom is -0.483 e. The minimum atomic E-state index is -0.592. The van der Waals surface area contributed by atoms with Gasteiger partial charge in [0.1, 0.15) is 11.8 Å². The summed E-state index contributed by atoms with van der Waals surface area (Å²) >= 11 is 3.56. The number of benzene rings is 2. The molecule has 0 saturated heterocycles. The molecule has 0 aliphatic carbocycles. The Balaban J connectivity index is 2.12. The Morgan fingerprint density at radius 2 is 1.76 bits per heavy atom. The Kier molecular flexibility index (Phi) is 9.96. The van der Waals surface area contributed by atoms with Crippen LogP contribution in [-0.2, 0) is 21.4 Å². The van der Waals surface area contributed by atoms with Gasteiger partial charge in [0.15, 0.2) is 6.61 Å². The Hall–Kier alpha value is -2.34. The molecule has 0 saturated carbocycles. The van der Waals surface area contributed by atoms with E-state index in [1.807, 2.05) is 62.4 Å². The maximum atomic E-state index is 13.2. The van der Waals surface area contributed by atoms with Crippen molar-refractivity contribution in [3.05, 3.63) is 64.1 Å². The molecule has 0 spiro atoms. The minimum absolute atomic E-state index is 0.0174. The van der Waals surface area contributed by atoms with E-state index >= 15 is 0 Å². The highest BCUT2D eigenvalue weighted by Gasteiger charge is 2.27. The zero-order chi connectivity index (χ0) is 24.6. The van der Waals surface area contributed by atoms with Crippen molar-refractivity contribution in [3.8, 4) is 5.75 Å². The summed E-state index contributed by atoms with van der Waals surface area (Å²) < 4.78 is 6.67. The highest BCUT2D eigenvalue weighted by atomic mass is 79.9. The van der Waals surface area contributed by atoms with Crippen molar-refractivity contribution in [1.29, 1.82) is 0 Å². The molecule has 2 atom stereocenters. The number of nitrogens with zero attached hydrogens (tertiary/aromatic N) is 1. The van der Waals surface area contributed by atoms with Crippen LogP contribution >= 0.6 is 15.9 Å².